The van der Waals surface area contributed by atoms with E-state index in [0.29, 0.717) is 18.0 Å². The lowest BCUT2D eigenvalue weighted by atomic mass is 10.1. The standard InChI is InChI=1S/C13H20F2N2O2/c1-17(8-13(14)15)7-10(16)9-4-5-11(18-2)12(6-9)19-3/h4-6,10,13H,7-8,16H2,1-3H3. The minimum Gasteiger partial charge on any atom is -0.493 e. The molecular formula is C13H20F2N2O2. The number of hydrogen-bond donors (Lipinski definition) is 1. The van der Waals surface area contributed by atoms with Crippen LogP contribution in [0.3, 0.4) is 0 Å². The molecule has 108 valence electrons. The first-order valence-corrected chi connectivity index (χ1v) is 5.92. The molecule has 1 atom stereocenters. The summed E-state index contributed by atoms with van der Waals surface area (Å²) in [7, 11) is 4.71. The number of likely N-dealkylation sites (N-methyl/N-ethyl adjacent to an activating group) is 1. The van der Waals surface area contributed by atoms with Gasteiger partial charge in [-0.25, -0.2) is 8.78 Å². The lowest BCUT2D eigenvalue weighted by Crippen LogP contribution is -2.32. The Balaban J connectivity index is 2.74. The Labute approximate surface area is 112 Å². The van der Waals surface area contributed by atoms with Gasteiger partial charge in [0.15, 0.2) is 11.5 Å². The Morgan fingerprint density at radius 1 is 1.16 bits per heavy atom. The topological polar surface area (TPSA) is 47.7 Å². The minimum absolute atomic E-state index is 0.291. The van der Waals surface area contributed by atoms with Crippen LogP contribution in [-0.4, -0.2) is 45.7 Å². The molecule has 1 aromatic carbocycles. The van der Waals surface area contributed by atoms with Crippen molar-refractivity contribution in [1.82, 2.24) is 4.90 Å². The molecule has 6 heteroatoms. The molecule has 0 bridgehead atoms. The summed E-state index contributed by atoms with van der Waals surface area (Å²) in [4.78, 5) is 1.51. The van der Waals surface area contributed by atoms with Crippen LogP contribution in [0.4, 0.5) is 8.78 Å². The molecule has 1 rings (SSSR count). The van der Waals surface area contributed by atoms with Crippen molar-refractivity contribution in [2.45, 2.75) is 12.5 Å². The second-order valence-corrected chi connectivity index (χ2v) is 4.33. The summed E-state index contributed by atoms with van der Waals surface area (Å²) in [5.41, 5.74) is 6.82. The SMILES string of the molecule is COc1ccc(C(N)CN(C)CC(F)F)cc1OC. The average Bonchev–Trinajstić information content (AvgIpc) is 2.36. The van der Waals surface area contributed by atoms with Gasteiger partial charge in [0.25, 0.3) is 6.43 Å². The molecular weight excluding hydrogens is 254 g/mol. The Bertz CT molecular complexity index is 402. The van der Waals surface area contributed by atoms with E-state index < -0.39 is 6.43 Å². The number of nitrogens with zero attached hydrogens (tertiary/aromatic N) is 1. The van der Waals surface area contributed by atoms with Gasteiger partial charge in [0.2, 0.25) is 0 Å². The first-order chi connectivity index (χ1) is 8.97. The third-order valence-corrected chi connectivity index (χ3v) is 2.79. The van der Waals surface area contributed by atoms with E-state index in [1.54, 1.807) is 26.3 Å². The predicted molar refractivity (Wildman–Crippen MR) is 70.0 cm³/mol. The highest BCUT2D eigenvalue weighted by atomic mass is 19.3. The maximum absolute atomic E-state index is 12.2. The summed E-state index contributed by atoms with van der Waals surface area (Å²) in [6.45, 7) is 0.0564. The van der Waals surface area contributed by atoms with Crippen molar-refractivity contribution < 1.29 is 18.3 Å². The van der Waals surface area contributed by atoms with Gasteiger partial charge in [-0.2, -0.15) is 0 Å². The molecule has 1 aromatic rings. The molecule has 1 unspecified atom stereocenters. The van der Waals surface area contributed by atoms with E-state index in [0.717, 1.165) is 5.56 Å². The van der Waals surface area contributed by atoms with Crippen LogP contribution in [-0.2, 0) is 0 Å². The quantitative estimate of drug-likeness (QED) is 0.825. The molecule has 0 aromatic heterocycles. The van der Waals surface area contributed by atoms with Gasteiger partial charge in [0.05, 0.1) is 20.8 Å². The molecule has 2 N–H and O–H groups in total. The number of hydrogen-bond acceptors (Lipinski definition) is 4. The highest BCUT2D eigenvalue weighted by molar-refractivity contribution is 5.43. The van der Waals surface area contributed by atoms with Gasteiger partial charge in [-0.3, -0.25) is 4.90 Å². The number of halogens is 2. The molecule has 0 radical (unpaired) electrons. The van der Waals surface area contributed by atoms with Gasteiger partial charge < -0.3 is 15.2 Å². The molecule has 0 fully saturated rings. The maximum atomic E-state index is 12.2. The van der Waals surface area contributed by atoms with E-state index in [2.05, 4.69) is 0 Å². The van der Waals surface area contributed by atoms with Crippen molar-refractivity contribution in [3.63, 3.8) is 0 Å². The Hall–Kier alpha value is -1.40. The fraction of sp³-hybridized carbons (Fsp3) is 0.538. The van der Waals surface area contributed by atoms with Gasteiger partial charge in [-0.05, 0) is 24.7 Å². The Morgan fingerprint density at radius 2 is 1.79 bits per heavy atom. The van der Waals surface area contributed by atoms with Gasteiger partial charge in [-0.15, -0.1) is 0 Å². The smallest absolute Gasteiger partial charge is 0.251 e. The van der Waals surface area contributed by atoms with Crippen LogP contribution in [0.15, 0.2) is 18.2 Å². The third-order valence-electron chi connectivity index (χ3n) is 2.79. The second-order valence-electron chi connectivity index (χ2n) is 4.33. The van der Waals surface area contributed by atoms with Gasteiger partial charge in [0, 0.05) is 12.6 Å². The van der Waals surface area contributed by atoms with Crippen molar-refractivity contribution in [3.8, 4) is 11.5 Å². The Kier molecular flexibility index (Phi) is 5.98. The zero-order valence-electron chi connectivity index (χ0n) is 11.4. The molecule has 0 saturated carbocycles. The molecule has 0 aliphatic carbocycles. The molecule has 0 saturated heterocycles. The largest absolute Gasteiger partial charge is 0.493 e. The van der Waals surface area contributed by atoms with E-state index >= 15 is 0 Å². The van der Waals surface area contributed by atoms with E-state index in [1.807, 2.05) is 6.07 Å². The average molecular weight is 274 g/mol. The number of rotatable bonds is 7. The van der Waals surface area contributed by atoms with Crippen LogP contribution in [0.5, 0.6) is 11.5 Å². The zero-order chi connectivity index (χ0) is 14.4. The minimum atomic E-state index is -2.36. The summed E-state index contributed by atoms with van der Waals surface area (Å²) in [5.74, 6) is 1.19. The molecule has 0 spiro atoms. The van der Waals surface area contributed by atoms with Gasteiger partial charge >= 0.3 is 0 Å². The molecule has 0 amide bonds. The summed E-state index contributed by atoms with van der Waals surface area (Å²) >= 11 is 0. The molecule has 0 aliphatic rings. The molecule has 19 heavy (non-hydrogen) atoms. The maximum Gasteiger partial charge on any atom is 0.251 e. The fourth-order valence-electron chi connectivity index (χ4n) is 1.83. The van der Waals surface area contributed by atoms with E-state index in [1.165, 1.54) is 12.0 Å². The predicted octanol–water partition coefficient (Wildman–Crippen LogP) is 1.90. The number of nitrogens with two attached hydrogens (primary N) is 1. The number of methoxy groups -OCH3 is 2. The van der Waals surface area contributed by atoms with Crippen molar-refractivity contribution >= 4 is 0 Å². The second kappa shape index (κ2) is 7.25. The first-order valence-electron chi connectivity index (χ1n) is 5.92. The van der Waals surface area contributed by atoms with Crippen LogP contribution in [0.1, 0.15) is 11.6 Å². The van der Waals surface area contributed by atoms with E-state index in [4.69, 9.17) is 15.2 Å². The van der Waals surface area contributed by atoms with Crippen LogP contribution in [0.2, 0.25) is 0 Å². The monoisotopic (exact) mass is 274 g/mol. The van der Waals surface area contributed by atoms with Crippen molar-refractivity contribution in [1.29, 1.82) is 0 Å². The summed E-state index contributed by atoms with van der Waals surface area (Å²) in [5, 5.41) is 0. The van der Waals surface area contributed by atoms with E-state index in [-0.39, 0.29) is 12.6 Å². The summed E-state index contributed by atoms with van der Waals surface area (Å²) in [6, 6.07) is 4.96. The highest BCUT2D eigenvalue weighted by Gasteiger charge is 2.15. The van der Waals surface area contributed by atoms with Gasteiger partial charge in [-0.1, -0.05) is 6.07 Å². The van der Waals surface area contributed by atoms with Crippen LogP contribution < -0.4 is 15.2 Å². The summed E-state index contributed by atoms with van der Waals surface area (Å²) in [6.07, 6.45) is -2.36. The van der Waals surface area contributed by atoms with Crippen molar-refractivity contribution in [3.05, 3.63) is 23.8 Å². The number of alkyl halides is 2. The van der Waals surface area contributed by atoms with Gasteiger partial charge in [0.1, 0.15) is 0 Å². The first kappa shape index (κ1) is 15.7. The molecule has 0 aliphatic heterocycles. The zero-order valence-corrected chi connectivity index (χ0v) is 11.4. The summed E-state index contributed by atoms with van der Waals surface area (Å²) < 4.78 is 34.8. The Morgan fingerprint density at radius 3 is 2.32 bits per heavy atom. The molecule has 0 heterocycles. The number of ether oxygens (including phenoxy) is 2. The number of benzene rings is 1. The van der Waals surface area contributed by atoms with E-state index in [9.17, 15) is 8.78 Å². The third kappa shape index (κ3) is 4.65. The molecule has 4 nitrogen and oxygen atoms in total. The van der Waals surface area contributed by atoms with Crippen molar-refractivity contribution in [2.24, 2.45) is 5.73 Å². The van der Waals surface area contributed by atoms with Crippen LogP contribution in [0.25, 0.3) is 0 Å². The normalized spacial score (nSPS) is 12.8. The lowest BCUT2D eigenvalue weighted by molar-refractivity contribution is 0.0978. The van der Waals surface area contributed by atoms with Crippen molar-refractivity contribution in [2.75, 3.05) is 34.4 Å². The van der Waals surface area contributed by atoms with Crippen LogP contribution >= 0.6 is 0 Å². The lowest BCUT2D eigenvalue weighted by Gasteiger charge is -2.21. The fourth-order valence-corrected chi connectivity index (χ4v) is 1.83. The highest BCUT2D eigenvalue weighted by Crippen LogP contribution is 2.29. The van der Waals surface area contributed by atoms with Crippen LogP contribution in [0, 0.1) is 0 Å².